The Balaban J connectivity index is 2.12. The second-order valence-electron chi connectivity index (χ2n) is 11.3. The lowest BCUT2D eigenvalue weighted by Crippen LogP contribution is -1.97. The van der Waals surface area contributed by atoms with Crippen molar-refractivity contribution in [1.82, 2.24) is 19.9 Å². The summed E-state index contributed by atoms with van der Waals surface area (Å²) in [4.78, 5) is 30.3. The van der Waals surface area contributed by atoms with Gasteiger partial charge in [0.25, 0.3) is 0 Å². The normalized spacial score (nSPS) is 13.4. The lowest BCUT2D eigenvalue weighted by atomic mass is 9.97. The van der Waals surface area contributed by atoms with Gasteiger partial charge in [0.05, 0.1) is 22.0 Å². The molecule has 0 amide bonds. The van der Waals surface area contributed by atoms with E-state index in [1.165, 1.54) is 22.3 Å². The largest absolute Gasteiger partial charge is 0.355 e. The van der Waals surface area contributed by atoms with Gasteiger partial charge < -0.3 is 9.97 Å². The number of hydrogen-bond acceptors (Lipinski definition) is 4. The Hall–Kier alpha value is -4.00. The third-order valence-corrected chi connectivity index (χ3v) is 9.27. The van der Waals surface area contributed by atoms with Crippen LogP contribution >= 0.6 is 0 Å². The van der Waals surface area contributed by atoms with Gasteiger partial charge in [0.1, 0.15) is 11.2 Å². The maximum Gasteiger partial charge on any atom is 0.318 e. The molecule has 0 unspecified atom stereocenters. The highest BCUT2D eigenvalue weighted by Crippen LogP contribution is 2.42. The zero-order valence-corrected chi connectivity index (χ0v) is 27.0. The first-order valence-corrected chi connectivity index (χ1v) is 16.2. The van der Waals surface area contributed by atoms with Gasteiger partial charge in [0.2, 0.25) is 0 Å². The average Bonchev–Trinajstić information content (AvgIpc) is 3.72. The Morgan fingerprint density at radius 2 is 1.00 bits per heavy atom. The molecular formula is C36H45N5O2. The molecule has 5 heterocycles. The minimum atomic E-state index is -0.234. The second kappa shape index (κ2) is 12.3. The number of fused-ring (bicyclic) bond motifs is 8. The maximum atomic E-state index is 13.0. The van der Waals surface area contributed by atoms with Crippen LogP contribution < -0.4 is 0 Å². The summed E-state index contributed by atoms with van der Waals surface area (Å²) in [5.74, 6) is 0. The minimum Gasteiger partial charge on any atom is -0.355 e. The van der Waals surface area contributed by atoms with Crippen LogP contribution in [-0.4, -0.2) is 24.9 Å². The van der Waals surface area contributed by atoms with Crippen molar-refractivity contribution in [3.05, 3.63) is 73.3 Å². The van der Waals surface area contributed by atoms with E-state index >= 15 is 0 Å². The summed E-state index contributed by atoms with van der Waals surface area (Å²) < 4.78 is 0. The van der Waals surface area contributed by atoms with E-state index < -0.39 is 0 Å². The smallest absolute Gasteiger partial charge is 0.318 e. The third kappa shape index (κ3) is 4.92. The van der Waals surface area contributed by atoms with Crippen molar-refractivity contribution in [2.75, 3.05) is 0 Å². The van der Waals surface area contributed by atoms with E-state index in [2.05, 4.69) is 83.6 Å². The van der Waals surface area contributed by atoms with Crippen molar-refractivity contribution < 1.29 is 4.92 Å². The van der Waals surface area contributed by atoms with E-state index in [-0.39, 0.29) is 10.6 Å². The number of nitro groups is 1. The van der Waals surface area contributed by atoms with Gasteiger partial charge in [-0.2, -0.15) is 0 Å². The SMILES string of the molecule is CCC1=C(CC)c2cc3[nH]c(cc4[nH]c(c(CC)c4CC)c([N+](=O)[O-])c4nc(cc1n2)C(CC)=C4CC)c(CC)c3CC. The summed E-state index contributed by atoms with van der Waals surface area (Å²) in [5.41, 5.74) is 16.1. The molecule has 7 nitrogen and oxygen atoms in total. The van der Waals surface area contributed by atoms with Crippen molar-refractivity contribution in [2.45, 2.75) is 107 Å². The number of H-pyrrole nitrogens is 2. The molecule has 8 bridgehead atoms. The molecule has 2 aliphatic heterocycles. The van der Waals surface area contributed by atoms with Crippen LogP contribution in [0, 0.1) is 10.1 Å². The summed E-state index contributed by atoms with van der Waals surface area (Å²) in [6, 6.07) is 6.47. The van der Waals surface area contributed by atoms with E-state index in [9.17, 15) is 10.1 Å². The minimum absolute atomic E-state index is 0.0658. The monoisotopic (exact) mass is 579 g/mol. The van der Waals surface area contributed by atoms with E-state index in [4.69, 9.17) is 9.97 Å². The topological polar surface area (TPSA) is 100 Å². The molecule has 0 spiro atoms. The summed E-state index contributed by atoms with van der Waals surface area (Å²) in [6.07, 6.45) is 6.38. The van der Waals surface area contributed by atoms with Crippen LogP contribution in [0.25, 0.3) is 44.4 Å². The van der Waals surface area contributed by atoms with Crippen LogP contribution in [0.2, 0.25) is 0 Å². The first kappa shape index (κ1) is 30.5. The van der Waals surface area contributed by atoms with Crippen molar-refractivity contribution in [2.24, 2.45) is 0 Å². The molecule has 0 radical (unpaired) electrons. The molecule has 43 heavy (non-hydrogen) atoms. The third-order valence-electron chi connectivity index (χ3n) is 9.27. The molecule has 0 saturated carbocycles. The number of hydrogen-bond donors (Lipinski definition) is 2. The van der Waals surface area contributed by atoms with E-state index in [0.29, 0.717) is 24.1 Å². The van der Waals surface area contributed by atoms with Gasteiger partial charge in [-0.05, 0) is 114 Å². The summed E-state index contributed by atoms with van der Waals surface area (Å²) in [7, 11) is 0. The molecule has 2 N–H and O–H groups in total. The predicted octanol–water partition coefficient (Wildman–Crippen LogP) is 9.93. The van der Waals surface area contributed by atoms with Gasteiger partial charge in [0, 0.05) is 16.6 Å². The van der Waals surface area contributed by atoms with Crippen LogP contribution in [0.3, 0.4) is 0 Å². The fourth-order valence-electron chi connectivity index (χ4n) is 7.35. The number of rotatable bonds is 9. The standard InChI is InChI=1S/C36H45N5O2/c1-9-20-22(11-3)30-18-32-24(13-5)26(15-7)34(39-32)36(41(42)43)35-27(16-8)25(14-6)33(40-35)19-31-23(12-4)21(10-2)29(38-31)17-28(20)37-30/h17-19,37,39H,9-16H2,1-8H3. The van der Waals surface area contributed by atoms with Gasteiger partial charge in [0.15, 0.2) is 0 Å². The van der Waals surface area contributed by atoms with Gasteiger partial charge in [-0.1, -0.05) is 55.4 Å². The van der Waals surface area contributed by atoms with Crippen LogP contribution in [-0.2, 0) is 25.7 Å². The Morgan fingerprint density at radius 3 is 1.51 bits per heavy atom. The highest BCUT2D eigenvalue weighted by atomic mass is 16.6. The number of nitrogens with zero attached hydrogens (tertiary/aromatic N) is 3. The van der Waals surface area contributed by atoms with Crippen LogP contribution in [0.4, 0.5) is 5.69 Å². The van der Waals surface area contributed by atoms with Crippen LogP contribution in [0.15, 0.2) is 18.2 Å². The van der Waals surface area contributed by atoms with Crippen LogP contribution in [0.5, 0.6) is 0 Å². The van der Waals surface area contributed by atoms with Gasteiger partial charge in [-0.3, -0.25) is 10.1 Å². The first-order chi connectivity index (χ1) is 20.8. The molecule has 0 aliphatic carbocycles. The lowest BCUT2D eigenvalue weighted by Gasteiger charge is -2.05. The first-order valence-electron chi connectivity index (χ1n) is 16.2. The number of nitrogens with one attached hydrogen (secondary N) is 2. The highest BCUT2D eigenvalue weighted by Gasteiger charge is 2.30. The molecule has 2 aliphatic rings. The molecular weight excluding hydrogens is 534 g/mol. The quantitative estimate of drug-likeness (QED) is 0.195. The number of aromatic amines is 2. The van der Waals surface area contributed by atoms with E-state index in [1.54, 1.807) is 0 Å². The number of aryl methyl sites for hydroxylation is 4. The van der Waals surface area contributed by atoms with Crippen molar-refractivity contribution in [3.63, 3.8) is 0 Å². The Morgan fingerprint density at radius 1 is 0.558 bits per heavy atom. The highest BCUT2D eigenvalue weighted by molar-refractivity contribution is 5.99. The Bertz CT molecular complexity index is 1830. The fourth-order valence-corrected chi connectivity index (χ4v) is 7.35. The molecule has 5 rings (SSSR count). The van der Waals surface area contributed by atoms with Crippen LogP contribution in [0.1, 0.15) is 126 Å². The Labute approximate surface area is 254 Å². The molecule has 3 aromatic heterocycles. The molecule has 226 valence electrons. The summed E-state index contributed by atoms with van der Waals surface area (Å²) >= 11 is 0. The number of aromatic nitrogens is 4. The molecule has 7 heteroatoms. The maximum absolute atomic E-state index is 13.0. The molecule has 0 aromatic carbocycles. The van der Waals surface area contributed by atoms with Gasteiger partial charge in [-0.25, -0.2) is 9.97 Å². The summed E-state index contributed by atoms with van der Waals surface area (Å²) in [6.45, 7) is 17.1. The fraction of sp³-hybridized carbons (Fsp3) is 0.444. The van der Waals surface area contributed by atoms with Crippen molar-refractivity contribution in [3.8, 4) is 0 Å². The molecule has 3 aromatic rings. The Kier molecular flexibility index (Phi) is 8.72. The van der Waals surface area contributed by atoms with Crippen molar-refractivity contribution >= 4 is 50.0 Å². The molecule has 0 fully saturated rings. The molecule has 0 atom stereocenters. The van der Waals surface area contributed by atoms with Gasteiger partial charge in [-0.15, -0.1) is 0 Å². The zero-order chi connectivity index (χ0) is 31.0. The lowest BCUT2D eigenvalue weighted by molar-refractivity contribution is -0.383. The number of allylic oxidation sites excluding steroid dienone is 4. The average molecular weight is 580 g/mol. The molecule has 0 saturated heterocycles. The van der Waals surface area contributed by atoms with Gasteiger partial charge >= 0.3 is 5.69 Å². The summed E-state index contributed by atoms with van der Waals surface area (Å²) in [5, 5.41) is 13.0. The zero-order valence-electron chi connectivity index (χ0n) is 27.0. The predicted molar refractivity (Wildman–Crippen MR) is 180 cm³/mol. The second-order valence-corrected chi connectivity index (χ2v) is 11.3. The van der Waals surface area contributed by atoms with Crippen molar-refractivity contribution in [1.29, 1.82) is 0 Å². The van der Waals surface area contributed by atoms with E-state index in [0.717, 1.165) is 94.4 Å². The van der Waals surface area contributed by atoms with E-state index in [1.807, 2.05) is 0 Å².